The molecule has 0 unspecified atom stereocenters. The van der Waals surface area contributed by atoms with Crippen molar-refractivity contribution in [3.63, 3.8) is 0 Å². The number of β-amino-alcohol motifs (C(OH)–C–C–N with tert-alkyl or cyclic N) is 1. The molecule has 1 aliphatic heterocycles. The quantitative estimate of drug-likeness (QED) is 0.730. The number of aliphatic hydroxyl groups is 1. The number of nitrogens with zero attached hydrogens (tertiary/aromatic N) is 2. The second-order valence-electron chi connectivity index (χ2n) is 6.77. The van der Waals surface area contributed by atoms with Crippen molar-refractivity contribution in [2.75, 3.05) is 39.3 Å². The van der Waals surface area contributed by atoms with Gasteiger partial charge in [0, 0.05) is 32.7 Å². The maximum absolute atomic E-state index is 12.7. The van der Waals surface area contributed by atoms with Gasteiger partial charge in [0.2, 0.25) is 10.0 Å². The Labute approximate surface area is 160 Å². The van der Waals surface area contributed by atoms with Crippen LogP contribution in [0.4, 0.5) is 0 Å². The number of hydrogen-bond donors (Lipinski definition) is 1. The van der Waals surface area contributed by atoms with E-state index in [1.165, 1.54) is 4.31 Å². The fraction of sp³-hybridized carbons (Fsp3) is 0.474. The number of hydrogen-bond acceptors (Lipinski definition) is 6. The van der Waals surface area contributed by atoms with E-state index in [0.29, 0.717) is 44.2 Å². The van der Waals surface area contributed by atoms with E-state index in [1.54, 1.807) is 24.5 Å². The highest BCUT2D eigenvalue weighted by molar-refractivity contribution is 7.89. The van der Waals surface area contributed by atoms with Crippen LogP contribution in [0.1, 0.15) is 11.3 Å². The summed E-state index contributed by atoms with van der Waals surface area (Å²) < 4.78 is 37.5. The molecule has 27 heavy (non-hydrogen) atoms. The van der Waals surface area contributed by atoms with Gasteiger partial charge in [0.25, 0.3) is 0 Å². The number of furan rings is 1. The van der Waals surface area contributed by atoms with Crippen LogP contribution in [-0.2, 0) is 21.4 Å². The first-order valence-corrected chi connectivity index (χ1v) is 10.5. The van der Waals surface area contributed by atoms with E-state index in [9.17, 15) is 13.5 Å². The molecule has 1 aromatic carbocycles. The lowest BCUT2D eigenvalue weighted by molar-refractivity contribution is 0.00100. The Morgan fingerprint density at radius 1 is 1.15 bits per heavy atom. The lowest BCUT2D eigenvalue weighted by Gasteiger charge is -2.34. The first-order valence-electron chi connectivity index (χ1n) is 9.02. The van der Waals surface area contributed by atoms with Crippen LogP contribution < -0.4 is 0 Å². The molecule has 1 saturated heterocycles. The summed E-state index contributed by atoms with van der Waals surface area (Å²) in [6.45, 7) is 4.91. The lowest BCUT2D eigenvalue weighted by Crippen LogP contribution is -2.50. The van der Waals surface area contributed by atoms with Crippen molar-refractivity contribution in [1.29, 1.82) is 0 Å². The maximum atomic E-state index is 12.7. The fourth-order valence-electron chi connectivity index (χ4n) is 3.05. The van der Waals surface area contributed by atoms with Gasteiger partial charge in [-0.3, -0.25) is 4.90 Å². The van der Waals surface area contributed by atoms with Gasteiger partial charge in [-0.05, 0) is 31.2 Å². The molecule has 1 fully saturated rings. The van der Waals surface area contributed by atoms with Crippen molar-refractivity contribution in [1.82, 2.24) is 9.21 Å². The van der Waals surface area contributed by atoms with Gasteiger partial charge < -0.3 is 14.3 Å². The molecular formula is C19H26N2O5S. The first kappa shape index (κ1) is 20.0. The standard InChI is InChI=1S/C19H26N2O5S/c1-16-4-6-19(7-5-16)27(23,24)21-10-8-20(9-11-21)13-17(22)14-25-15-18-3-2-12-26-18/h2-7,12,17,22H,8-11,13-15H2,1H3/t17-/m1/s1. The van der Waals surface area contributed by atoms with Crippen molar-refractivity contribution in [2.24, 2.45) is 0 Å². The van der Waals surface area contributed by atoms with E-state index in [1.807, 2.05) is 25.1 Å². The van der Waals surface area contributed by atoms with Gasteiger partial charge in [-0.15, -0.1) is 0 Å². The maximum Gasteiger partial charge on any atom is 0.243 e. The van der Waals surface area contributed by atoms with E-state index in [4.69, 9.17) is 9.15 Å². The Hall–Kier alpha value is -1.71. The number of rotatable bonds is 8. The van der Waals surface area contributed by atoms with Gasteiger partial charge in [-0.1, -0.05) is 17.7 Å². The minimum Gasteiger partial charge on any atom is -0.467 e. The molecule has 7 nitrogen and oxygen atoms in total. The number of piperazine rings is 1. The average Bonchev–Trinajstić information content (AvgIpc) is 3.16. The van der Waals surface area contributed by atoms with E-state index >= 15 is 0 Å². The Morgan fingerprint density at radius 3 is 2.48 bits per heavy atom. The molecule has 0 saturated carbocycles. The van der Waals surface area contributed by atoms with Crippen LogP contribution in [0.5, 0.6) is 0 Å². The van der Waals surface area contributed by atoms with E-state index in [-0.39, 0.29) is 6.61 Å². The molecular weight excluding hydrogens is 368 g/mol. The lowest BCUT2D eigenvalue weighted by atomic mass is 10.2. The molecule has 0 spiro atoms. The largest absolute Gasteiger partial charge is 0.467 e. The Morgan fingerprint density at radius 2 is 1.85 bits per heavy atom. The Bertz CT molecular complexity index is 797. The average molecular weight is 394 g/mol. The number of benzene rings is 1. The van der Waals surface area contributed by atoms with E-state index in [0.717, 1.165) is 11.3 Å². The smallest absolute Gasteiger partial charge is 0.243 e. The monoisotopic (exact) mass is 394 g/mol. The third-order valence-corrected chi connectivity index (χ3v) is 6.51. The zero-order valence-electron chi connectivity index (χ0n) is 15.5. The molecule has 1 aromatic heterocycles. The molecule has 0 radical (unpaired) electrons. The van der Waals surface area contributed by atoms with Crippen LogP contribution in [0.15, 0.2) is 52.0 Å². The molecule has 1 atom stereocenters. The second-order valence-corrected chi connectivity index (χ2v) is 8.70. The van der Waals surface area contributed by atoms with Crippen LogP contribution in [-0.4, -0.2) is 68.2 Å². The molecule has 2 aromatic rings. The molecule has 3 rings (SSSR count). The van der Waals surface area contributed by atoms with Gasteiger partial charge >= 0.3 is 0 Å². The zero-order chi connectivity index (χ0) is 19.3. The molecule has 1 N–H and O–H groups in total. The van der Waals surface area contributed by atoms with Gasteiger partial charge in [-0.25, -0.2) is 8.42 Å². The predicted molar refractivity (Wildman–Crippen MR) is 101 cm³/mol. The van der Waals surface area contributed by atoms with E-state index in [2.05, 4.69) is 4.90 Å². The van der Waals surface area contributed by atoms with Gasteiger partial charge in [0.05, 0.1) is 23.9 Å². The fourth-order valence-corrected chi connectivity index (χ4v) is 4.47. The van der Waals surface area contributed by atoms with Crippen LogP contribution in [0.2, 0.25) is 0 Å². The molecule has 148 valence electrons. The minimum atomic E-state index is -3.46. The number of ether oxygens (including phenoxy) is 1. The molecule has 1 aliphatic rings. The summed E-state index contributed by atoms with van der Waals surface area (Å²) >= 11 is 0. The highest BCUT2D eigenvalue weighted by Gasteiger charge is 2.28. The number of aryl methyl sites for hydroxylation is 1. The summed E-state index contributed by atoms with van der Waals surface area (Å²) in [5.74, 6) is 0.720. The Kier molecular flexibility index (Phi) is 6.67. The first-order chi connectivity index (χ1) is 12.9. The van der Waals surface area contributed by atoms with Crippen molar-refractivity contribution in [2.45, 2.75) is 24.5 Å². The van der Waals surface area contributed by atoms with Crippen LogP contribution in [0.25, 0.3) is 0 Å². The number of aliphatic hydroxyl groups excluding tert-OH is 1. The van der Waals surface area contributed by atoms with Crippen molar-refractivity contribution >= 4 is 10.0 Å². The molecule has 0 bridgehead atoms. The van der Waals surface area contributed by atoms with Gasteiger partial charge in [0.1, 0.15) is 12.4 Å². The second kappa shape index (κ2) is 8.99. The molecule has 0 amide bonds. The van der Waals surface area contributed by atoms with Gasteiger partial charge in [-0.2, -0.15) is 4.31 Å². The van der Waals surface area contributed by atoms with Crippen LogP contribution in [0.3, 0.4) is 0 Å². The highest BCUT2D eigenvalue weighted by atomic mass is 32.2. The number of sulfonamides is 1. The zero-order valence-corrected chi connectivity index (χ0v) is 16.3. The summed E-state index contributed by atoms with van der Waals surface area (Å²) in [7, 11) is -3.46. The summed E-state index contributed by atoms with van der Waals surface area (Å²) in [5, 5.41) is 10.1. The molecule has 2 heterocycles. The van der Waals surface area contributed by atoms with Crippen molar-refractivity contribution in [3.05, 3.63) is 54.0 Å². The van der Waals surface area contributed by atoms with Gasteiger partial charge in [0.15, 0.2) is 0 Å². The van der Waals surface area contributed by atoms with Crippen molar-refractivity contribution in [3.8, 4) is 0 Å². The SMILES string of the molecule is Cc1ccc(S(=O)(=O)N2CCN(C[C@@H](O)COCc3ccco3)CC2)cc1. The normalized spacial score (nSPS) is 17.9. The topological polar surface area (TPSA) is 83.2 Å². The Balaban J connectivity index is 1.43. The van der Waals surface area contributed by atoms with Crippen LogP contribution in [0, 0.1) is 6.92 Å². The molecule has 0 aliphatic carbocycles. The predicted octanol–water partition coefficient (Wildman–Crippen LogP) is 1.47. The summed E-state index contributed by atoms with van der Waals surface area (Å²) in [6.07, 6.45) is 0.958. The third-order valence-electron chi connectivity index (χ3n) is 4.59. The minimum absolute atomic E-state index is 0.211. The van der Waals surface area contributed by atoms with Crippen LogP contribution >= 0.6 is 0 Å². The molecule has 8 heteroatoms. The van der Waals surface area contributed by atoms with E-state index < -0.39 is 16.1 Å². The summed E-state index contributed by atoms with van der Waals surface area (Å²) in [5.41, 5.74) is 1.03. The third kappa shape index (κ3) is 5.40. The highest BCUT2D eigenvalue weighted by Crippen LogP contribution is 2.18. The summed E-state index contributed by atoms with van der Waals surface area (Å²) in [6, 6.07) is 10.5. The van der Waals surface area contributed by atoms with Crippen molar-refractivity contribution < 1.29 is 22.7 Å². The summed E-state index contributed by atoms with van der Waals surface area (Å²) in [4.78, 5) is 2.38.